The number of ether oxygens (including phenoxy) is 1. The van der Waals surface area contributed by atoms with Crippen LogP contribution in [-0.4, -0.2) is 38.1 Å². The van der Waals surface area contributed by atoms with E-state index in [0.29, 0.717) is 11.3 Å². The number of allylic oxidation sites excluding steroid dienone is 1. The number of carboxylic acid groups (broad SMARTS) is 1. The molecular weight excluding hydrogens is 356 g/mol. The molecule has 0 saturated heterocycles. The number of carbonyl (C=O) groups is 2. The van der Waals surface area contributed by atoms with Crippen molar-refractivity contribution in [3.63, 3.8) is 0 Å². The van der Waals surface area contributed by atoms with Gasteiger partial charge in [-0.15, -0.1) is 0 Å². The molecule has 26 heavy (non-hydrogen) atoms. The van der Waals surface area contributed by atoms with Crippen LogP contribution in [0.4, 0.5) is 0 Å². The number of carboxylic acids is 1. The van der Waals surface area contributed by atoms with Gasteiger partial charge in [0.15, 0.2) is 21.5 Å². The van der Waals surface area contributed by atoms with Crippen LogP contribution >= 0.6 is 0 Å². The molecule has 0 heterocycles. The maximum absolute atomic E-state index is 12.2. The van der Waals surface area contributed by atoms with Crippen molar-refractivity contribution >= 4 is 27.7 Å². The highest BCUT2D eigenvalue weighted by molar-refractivity contribution is 7.90. The zero-order chi connectivity index (χ0) is 19.2. The first-order valence-corrected chi connectivity index (χ1v) is 9.59. The minimum atomic E-state index is -3.37. The Kier molecular flexibility index (Phi) is 6.30. The van der Waals surface area contributed by atoms with E-state index in [4.69, 9.17) is 4.74 Å². The van der Waals surface area contributed by atoms with E-state index in [1.54, 1.807) is 42.5 Å². The van der Waals surface area contributed by atoms with Gasteiger partial charge < -0.3 is 9.84 Å². The number of rotatable bonds is 8. The largest absolute Gasteiger partial charge is 0.492 e. The summed E-state index contributed by atoms with van der Waals surface area (Å²) in [4.78, 5) is 23.7. The molecule has 0 aromatic heterocycles. The number of aliphatic carboxylic acids is 1. The summed E-state index contributed by atoms with van der Waals surface area (Å²) in [5, 5.41) is 9.26. The second-order valence-corrected chi connectivity index (χ2v) is 7.61. The smallest absolute Gasteiger partial charge is 0.317 e. The zero-order valence-corrected chi connectivity index (χ0v) is 14.8. The molecule has 2 aromatic rings. The Labute approximate surface area is 151 Å². The molecule has 136 valence electrons. The quantitative estimate of drug-likeness (QED) is 0.563. The van der Waals surface area contributed by atoms with Crippen LogP contribution in [-0.2, 0) is 19.4 Å². The molecule has 0 aliphatic rings. The molecule has 0 amide bonds. The molecule has 0 saturated carbocycles. The number of para-hydroxylation sites is 1. The summed E-state index contributed by atoms with van der Waals surface area (Å²) in [5.41, 5.74) is 0.481. The van der Waals surface area contributed by atoms with Crippen LogP contribution in [0, 0.1) is 5.92 Å². The van der Waals surface area contributed by atoms with E-state index in [1.165, 1.54) is 18.2 Å². The van der Waals surface area contributed by atoms with Gasteiger partial charge in [-0.05, 0) is 35.9 Å². The van der Waals surface area contributed by atoms with Crippen LogP contribution in [0.5, 0.6) is 5.75 Å². The fourth-order valence-electron chi connectivity index (χ4n) is 2.11. The molecular formula is C19H18O6S. The van der Waals surface area contributed by atoms with E-state index in [2.05, 4.69) is 0 Å². The number of benzene rings is 2. The van der Waals surface area contributed by atoms with Crippen LogP contribution in [0.15, 0.2) is 65.6 Å². The first-order valence-electron chi connectivity index (χ1n) is 7.70. The second kappa shape index (κ2) is 8.44. The lowest BCUT2D eigenvalue weighted by Gasteiger charge is -2.11. The van der Waals surface area contributed by atoms with Crippen LogP contribution in [0.25, 0.3) is 6.08 Å². The van der Waals surface area contributed by atoms with E-state index >= 15 is 0 Å². The second-order valence-electron chi connectivity index (χ2n) is 5.60. The number of ketones is 1. The van der Waals surface area contributed by atoms with Crippen LogP contribution in [0.2, 0.25) is 0 Å². The van der Waals surface area contributed by atoms with Crippen molar-refractivity contribution in [2.75, 3.05) is 12.9 Å². The van der Waals surface area contributed by atoms with Gasteiger partial charge in [0.2, 0.25) is 0 Å². The average Bonchev–Trinajstić information content (AvgIpc) is 2.60. The van der Waals surface area contributed by atoms with Crippen molar-refractivity contribution in [1.82, 2.24) is 0 Å². The van der Waals surface area contributed by atoms with Gasteiger partial charge in [-0.3, -0.25) is 9.59 Å². The van der Waals surface area contributed by atoms with E-state index in [0.717, 1.165) is 12.3 Å². The third-order valence-corrected chi connectivity index (χ3v) is 4.64. The van der Waals surface area contributed by atoms with Crippen LogP contribution < -0.4 is 4.74 Å². The first kappa shape index (κ1) is 19.4. The molecule has 0 radical (unpaired) electrons. The van der Waals surface area contributed by atoms with Crippen LogP contribution in [0.1, 0.15) is 5.56 Å². The van der Waals surface area contributed by atoms with E-state index in [-0.39, 0.29) is 11.5 Å². The Morgan fingerprint density at radius 1 is 1.12 bits per heavy atom. The fraction of sp³-hybridized carbons (Fsp3) is 0.158. The summed E-state index contributed by atoms with van der Waals surface area (Å²) >= 11 is 0. The molecule has 2 rings (SSSR count). The molecule has 0 bridgehead atoms. The minimum absolute atomic E-state index is 0.120. The third-order valence-electron chi connectivity index (χ3n) is 3.53. The van der Waals surface area contributed by atoms with Gasteiger partial charge >= 0.3 is 5.97 Å². The number of sulfone groups is 1. The SMILES string of the molecule is CS(=O)(=O)c1cccc(C=CC(=O)C(COc2ccccc2)C(=O)O)c1. The standard InChI is InChI=1S/C19H18O6S/c1-26(23,24)16-9-5-6-14(12-16)10-11-18(20)17(19(21)22)13-25-15-7-3-2-4-8-15/h2-12,17H,13H2,1H3,(H,21,22). The summed E-state index contributed by atoms with van der Waals surface area (Å²) in [6.07, 6.45) is 3.59. The molecule has 1 unspecified atom stereocenters. The highest BCUT2D eigenvalue weighted by Gasteiger charge is 2.25. The molecule has 0 spiro atoms. The average molecular weight is 374 g/mol. The summed E-state index contributed by atoms with van der Waals surface area (Å²) in [5.74, 6) is -2.82. The molecule has 1 N–H and O–H groups in total. The highest BCUT2D eigenvalue weighted by atomic mass is 32.2. The Hall–Kier alpha value is -2.93. The molecule has 0 fully saturated rings. The maximum Gasteiger partial charge on any atom is 0.317 e. The summed E-state index contributed by atoms with van der Waals surface area (Å²) in [7, 11) is -3.37. The van der Waals surface area contributed by atoms with Gasteiger partial charge in [-0.2, -0.15) is 0 Å². The van der Waals surface area contributed by atoms with Gasteiger partial charge in [0.05, 0.1) is 4.90 Å². The van der Waals surface area contributed by atoms with Gasteiger partial charge in [-0.1, -0.05) is 36.4 Å². The van der Waals surface area contributed by atoms with Gasteiger partial charge in [0.25, 0.3) is 0 Å². The molecule has 1 atom stereocenters. The predicted molar refractivity (Wildman–Crippen MR) is 96.7 cm³/mol. The third kappa shape index (κ3) is 5.56. The minimum Gasteiger partial charge on any atom is -0.492 e. The van der Waals surface area contributed by atoms with Gasteiger partial charge in [0, 0.05) is 6.26 Å². The fourth-order valence-corrected chi connectivity index (χ4v) is 2.79. The predicted octanol–water partition coefficient (Wildman–Crippen LogP) is 2.45. The van der Waals surface area contributed by atoms with E-state index in [9.17, 15) is 23.1 Å². The van der Waals surface area contributed by atoms with Crippen molar-refractivity contribution < 1.29 is 27.9 Å². The molecule has 6 nitrogen and oxygen atoms in total. The topological polar surface area (TPSA) is 97.7 Å². The summed E-state index contributed by atoms with van der Waals surface area (Å²) in [6, 6.07) is 14.6. The number of carbonyl (C=O) groups excluding carboxylic acids is 1. The lowest BCUT2D eigenvalue weighted by atomic mass is 10.0. The Bertz CT molecular complexity index is 916. The maximum atomic E-state index is 12.2. The van der Waals surface area contributed by atoms with E-state index < -0.39 is 27.5 Å². The lowest BCUT2D eigenvalue weighted by Crippen LogP contribution is -2.28. The summed E-state index contributed by atoms with van der Waals surface area (Å²) in [6.45, 7) is -0.300. The highest BCUT2D eigenvalue weighted by Crippen LogP contribution is 2.14. The van der Waals surface area contributed by atoms with Crippen molar-refractivity contribution in [2.24, 2.45) is 5.92 Å². The zero-order valence-electron chi connectivity index (χ0n) is 14.0. The molecule has 2 aromatic carbocycles. The van der Waals surface area contributed by atoms with Crippen LogP contribution in [0.3, 0.4) is 0 Å². The van der Waals surface area contributed by atoms with Crippen molar-refractivity contribution in [3.8, 4) is 5.75 Å². The van der Waals surface area contributed by atoms with E-state index in [1.807, 2.05) is 0 Å². The van der Waals surface area contributed by atoms with Gasteiger partial charge in [0.1, 0.15) is 12.4 Å². The first-order chi connectivity index (χ1) is 12.3. The Balaban J connectivity index is 2.10. The monoisotopic (exact) mass is 374 g/mol. The van der Waals surface area contributed by atoms with Crippen molar-refractivity contribution in [3.05, 3.63) is 66.2 Å². The lowest BCUT2D eigenvalue weighted by molar-refractivity contribution is -0.146. The van der Waals surface area contributed by atoms with Crippen molar-refractivity contribution in [2.45, 2.75) is 4.90 Å². The molecule has 7 heteroatoms. The summed E-state index contributed by atoms with van der Waals surface area (Å²) < 4.78 is 28.5. The van der Waals surface area contributed by atoms with Gasteiger partial charge in [-0.25, -0.2) is 8.42 Å². The molecule has 0 aliphatic carbocycles. The normalized spacial score (nSPS) is 12.7. The Morgan fingerprint density at radius 3 is 2.42 bits per heavy atom. The number of hydrogen-bond donors (Lipinski definition) is 1. The molecule has 0 aliphatic heterocycles. The Morgan fingerprint density at radius 2 is 1.81 bits per heavy atom. The van der Waals surface area contributed by atoms with Crippen molar-refractivity contribution in [1.29, 1.82) is 0 Å². The number of hydrogen-bond acceptors (Lipinski definition) is 5.